The van der Waals surface area contributed by atoms with Crippen LogP contribution in [0.2, 0.25) is 0 Å². The average Bonchev–Trinajstić information content (AvgIpc) is 2.92. The molecule has 0 aliphatic heterocycles. The molecule has 9 N–H and O–H groups in total. The van der Waals surface area contributed by atoms with Crippen LogP contribution in [0.5, 0.6) is 0 Å². The predicted octanol–water partition coefficient (Wildman–Crippen LogP) is -2.42. The second-order valence-electron chi connectivity index (χ2n) is 4.88. The molecule has 26 heavy (non-hydrogen) atoms. The lowest BCUT2D eigenvalue weighted by molar-refractivity contribution is -0.697. The normalized spacial score (nSPS) is 9.23. The molecule has 144 valence electrons. The summed E-state index contributed by atoms with van der Waals surface area (Å²) >= 11 is 0. The van der Waals surface area contributed by atoms with Crippen LogP contribution in [0, 0.1) is 5.41 Å². The van der Waals surface area contributed by atoms with Gasteiger partial charge in [0.15, 0.2) is 23.9 Å². The lowest BCUT2D eigenvalue weighted by Crippen LogP contribution is -2.35. The molecule has 3 aromatic rings. The largest absolute Gasteiger partial charge is 0.859 e. The van der Waals surface area contributed by atoms with Crippen LogP contribution in [0.1, 0.15) is 12.0 Å². The van der Waals surface area contributed by atoms with E-state index in [2.05, 4.69) is 15.0 Å². The highest BCUT2D eigenvalue weighted by Crippen LogP contribution is 2.14. The van der Waals surface area contributed by atoms with Gasteiger partial charge in [-0.3, -0.25) is 0 Å². The van der Waals surface area contributed by atoms with Gasteiger partial charge in [0, 0.05) is 24.6 Å². The lowest BCUT2D eigenvalue weighted by Gasteiger charge is -2.06. The summed E-state index contributed by atoms with van der Waals surface area (Å²) in [7, 11) is 0. The molecule has 3 rings (SSSR count). The van der Waals surface area contributed by atoms with E-state index >= 15 is 0 Å². The van der Waals surface area contributed by atoms with Crippen LogP contribution in [0.3, 0.4) is 0 Å². The first-order chi connectivity index (χ1) is 10.6. The number of hydrogen-bond acceptors (Lipinski definition) is 6. The molecular weight excluding hydrogens is 410 g/mol. The average molecular weight is 432 g/mol. The van der Waals surface area contributed by atoms with Gasteiger partial charge in [-0.15, -0.1) is 17.0 Å². The van der Waals surface area contributed by atoms with Crippen LogP contribution in [0.4, 0.5) is 5.82 Å². The van der Waals surface area contributed by atoms with E-state index in [-0.39, 0.29) is 33.4 Å². The molecule has 0 saturated carbocycles. The number of nitrogens with two attached hydrogens (primary N) is 1. The number of nitrogen functional groups attached to an aromatic ring is 1. The van der Waals surface area contributed by atoms with Crippen LogP contribution in [-0.2, 0) is 13.1 Å². The van der Waals surface area contributed by atoms with Crippen molar-refractivity contribution in [1.29, 1.82) is 5.41 Å². The Morgan fingerprint density at radius 3 is 2.65 bits per heavy atom. The van der Waals surface area contributed by atoms with E-state index in [4.69, 9.17) is 11.1 Å². The van der Waals surface area contributed by atoms with Crippen LogP contribution in [0.25, 0.3) is 11.2 Å². The van der Waals surface area contributed by atoms with E-state index in [0.29, 0.717) is 22.5 Å². The maximum Gasteiger partial charge on any atom is 0.176 e. The number of aryl methyl sites for hydroxylation is 2. The molecule has 0 fully saturated rings. The maximum atomic E-state index is 11.1. The summed E-state index contributed by atoms with van der Waals surface area (Å²) in [5.41, 5.74) is 7.46. The molecule has 0 atom stereocenters. The Morgan fingerprint density at radius 1 is 1.23 bits per heavy atom. The first-order valence-corrected chi connectivity index (χ1v) is 6.81. The minimum atomic E-state index is -0.679. The second kappa shape index (κ2) is 11.0. The van der Waals surface area contributed by atoms with Crippen molar-refractivity contribution in [3.05, 3.63) is 42.7 Å². The number of aromatic nitrogens is 5. The number of anilines is 1. The highest BCUT2D eigenvalue weighted by Gasteiger charge is 2.08. The molecule has 3 aromatic heterocycles. The molecule has 11 nitrogen and oxygen atoms in total. The van der Waals surface area contributed by atoms with Crippen LogP contribution in [-0.4, -0.2) is 41.8 Å². The monoisotopic (exact) mass is 431 g/mol. The third-order valence-electron chi connectivity index (χ3n) is 3.37. The molecule has 0 saturated heterocycles. The number of pyridine rings is 1. The van der Waals surface area contributed by atoms with Crippen molar-refractivity contribution in [1.82, 2.24) is 19.5 Å². The van der Waals surface area contributed by atoms with Gasteiger partial charge in [-0.1, -0.05) is 0 Å². The number of nitrogens with one attached hydrogen (secondary N) is 1. The molecule has 0 aliphatic rings. The summed E-state index contributed by atoms with van der Waals surface area (Å²) in [4.78, 5) is 12.3. The van der Waals surface area contributed by atoms with Gasteiger partial charge in [0.05, 0.1) is 6.33 Å². The summed E-state index contributed by atoms with van der Waals surface area (Å²) < 4.78 is 3.82. The summed E-state index contributed by atoms with van der Waals surface area (Å²) in [6.45, 7) is 1.44. The minimum Gasteiger partial charge on any atom is -0.859 e. The van der Waals surface area contributed by atoms with Gasteiger partial charge < -0.3 is 37.2 Å². The van der Waals surface area contributed by atoms with Crippen molar-refractivity contribution in [2.24, 2.45) is 0 Å². The van der Waals surface area contributed by atoms with Crippen molar-refractivity contribution < 1.29 is 26.1 Å². The van der Waals surface area contributed by atoms with Crippen LogP contribution < -0.4 is 15.4 Å². The van der Waals surface area contributed by atoms with Gasteiger partial charge in [-0.25, -0.2) is 19.5 Å². The van der Waals surface area contributed by atoms with Crippen LogP contribution in [0.15, 0.2) is 37.2 Å². The molecule has 0 bridgehead atoms. The molecule has 0 spiro atoms. The maximum absolute atomic E-state index is 11.1. The van der Waals surface area contributed by atoms with Crippen molar-refractivity contribution >= 4 is 39.9 Å². The fourth-order valence-electron chi connectivity index (χ4n) is 2.28. The molecule has 0 aromatic carbocycles. The fourth-order valence-corrected chi connectivity index (χ4v) is 2.28. The number of hydrogen-bond donors (Lipinski definition) is 2. The number of nitrogens with zero attached hydrogens (tertiary/aromatic N) is 5. The number of imidazole rings is 1. The quantitative estimate of drug-likeness (QED) is 0.255. The zero-order chi connectivity index (χ0) is 15.5. The van der Waals surface area contributed by atoms with Gasteiger partial charge >= 0.3 is 0 Å². The summed E-state index contributed by atoms with van der Waals surface area (Å²) in [6, 6.07) is 3.40. The Kier molecular flexibility index (Phi) is 10.9. The Hall–Kier alpha value is -2.67. The van der Waals surface area contributed by atoms with Gasteiger partial charge in [-0.2, -0.15) is 0 Å². The van der Waals surface area contributed by atoms with Gasteiger partial charge in [0.25, 0.3) is 0 Å². The summed E-state index contributed by atoms with van der Waals surface area (Å²) in [5.74, 6) is -0.304. The fraction of sp³-hybridized carbons (Fsp3) is 0.214. The summed E-state index contributed by atoms with van der Waals surface area (Å²) in [5, 5.41) is 18.2. The summed E-state index contributed by atoms with van der Waals surface area (Å²) in [6.07, 6.45) is 7.51. The lowest BCUT2D eigenvalue weighted by atomic mass is 10.3. The Balaban J connectivity index is 0. The topological polar surface area (TPSA) is 215 Å². The molecule has 0 radical (unpaired) electrons. The molecule has 12 heteroatoms. The first kappa shape index (κ1) is 25.6. The molecule has 0 aliphatic carbocycles. The number of rotatable bonds is 5. The van der Waals surface area contributed by atoms with Gasteiger partial charge in [-0.05, 0) is 12.0 Å². The molecule has 3 heterocycles. The van der Waals surface area contributed by atoms with Gasteiger partial charge in [0.1, 0.15) is 18.4 Å². The SMILES string of the molecule is Br.N=C([O-])c1ccc[n+](CCCn2cnc3c(N)ncnc32)c1.O.O.O. The minimum absolute atomic E-state index is 0. The van der Waals surface area contributed by atoms with Crippen molar-refractivity contribution in [2.45, 2.75) is 19.5 Å². The third kappa shape index (κ3) is 5.42. The van der Waals surface area contributed by atoms with E-state index in [1.54, 1.807) is 24.7 Å². The first-order valence-electron chi connectivity index (χ1n) is 6.81. The van der Waals surface area contributed by atoms with E-state index in [9.17, 15) is 5.11 Å². The van der Waals surface area contributed by atoms with Crippen molar-refractivity contribution in [2.75, 3.05) is 5.73 Å². The van der Waals surface area contributed by atoms with Crippen molar-refractivity contribution in [3.8, 4) is 0 Å². The predicted molar refractivity (Wildman–Crippen MR) is 99.0 cm³/mol. The third-order valence-corrected chi connectivity index (χ3v) is 3.37. The zero-order valence-corrected chi connectivity index (χ0v) is 15.4. The second-order valence-corrected chi connectivity index (χ2v) is 4.88. The standard InChI is InChI=1S/C14H15N7O.BrH.3H2O/c15-12-11-14(18-8-17-12)21(9-19-11)6-2-5-20-4-1-3-10(7-20)13(16)22;;;;/h1,3-4,7-9H,2,5-6H2,(H3-,15,16,17,18,22);1H;3*1H2. The van der Waals surface area contributed by atoms with Crippen molar-refractivity contribution in [3.63, 3.8) is 0 Å². The Bertz CT molecular complexity index is 843. The molecule has 0 unspecified atom stereocenters. The Labute approximate surface area is 159 Å². The number of halogens is 1. The highest BCUT2D eigenvalue weighted by atomic mass is 79.9. The van der Waals surface area contributed by atoms with E-state index < -0.39 is 5.90 Å². The zero-order valence-electron chi connectivity index (χ0n) is 13.7. The molecule has 0 amide bonds. The number of fused-ring (bicyclic) bond motifs is 1. The molecular formula is C14H22BrN7O4. The highest BCUT2D eigenvalue weighted by molar-refractivity contribution is 8.93. The van der Waals surface area contributed by atoms with E-state index in [1.165, 1.54) is 6.33 Å². The Morgan fingerprint density at radius 2 is 1.96 bits per heavy atom. The van der Waals surface area contributed by atoms with Gasteiger partial charge in [0.2, 0.25) is 0 Å². The van der Waals surface area contributed by atoms with E-state index in [1.807, 2.05) is 15.3 Å². The van der Waals surface area contributed by atoms with E-state index in [0.717, 1.165) is 19.5 Å². The van der Waals surface area contributed by atoms with Crippen LogP contribution >= 0.6 is 17.0 Å². The smallest absolute Gasteiger partial charge is 0.176 e.